The molecule has 0 radical (unpaired) electrons. The van der Waals surface area contributed by atoms with E-state index in [-0.39, 0.29) is 6.10 Å². The minimum absolute atomic E-state index is 0.0892. The Labute approximate surface area is 120 Å². The Morgan fingerprint density at radius 1 is 1.40 bits per heavy atom. The van der Waals surface area contributed by atoms with Crippen LogP contribution in [0.4, 0.5) is 0 Å². The highest BCUT2D eigenvalue weighted by Crippen LogP contribution is 2.04. The van der Waals surface area contributed by atoms with E-state index < -0.39 is 10.0 Å². The monoisotopic (exact) mass is 296 g/mol. The van der Waals surface area contributed by atoms with Crippen LogP contribution in [0, 0.1) is 0 Å². The topological polar surface area (TPSA) is 58.6 Å². The first-order valence-electron chi connectivity index (χ1n) is 6.58. The van der Waals surface area contributed by atoms with Crippen molar-refractivity contribution >= 4 is 16.1 Å². The third-order valence-electron chi connectivity index (χ3n) is 3.09. The summed E-state index contributed by atoms with van der Waals surface area (Å²) in [6.45, 7) is 2.57. The summed E-state index contributed by atoms with van der Waals surface area (Å²) in [5.74, 6) is 0. The van der Waals surface area contributed by atoms with Gasteiger partial charge in [0.1, 0.15) is 0 Å². The molecular formula is C14H20N2O3S. The van der Waals surface area contributed by atoms with Gasteiger partial charge in [-0.1, -0.05) is 30.3 Å². The van der Waals surface area contributed by atoms with Crippen molar-refractivity contribution in [3.63, 3.8) is 0 Å². The van der Waals surface area contributed by atoms with Crippen molar-refractivity contribution < 1.29 is 13.2 Å². The van der Waals surface area contributed by atoms with E-state index in [4.69, 9.17) is 4.74 Å². The van der Waals surface area contributed by atoms with Crippen molar-refractivity contribution in [1.29, 1.82) is 0 Å². The van der Waals surface area contributed by atoms with Crippen LogP contribution < -0.4 is 4.72 Å². The molecule has 1 heterocycles. The minimum atomic E-state index is -3.43. The molecule has 2 rings (SSSR count). The minimum Gasteiger partial charge on any atom is -0.374 e. The van der Waals surface area contributed by atoms with Crippen molar-refractivity contribution in [2.45, 2.75) is 6.10 Å². The largest absolute Gasteiger partial charge is 0.374 e. The molecule has 0 bridgehead atoms. The molecule has 6 heteroatoms. The van der Waals surface area contributed by atoms with Gasteiger partial charge in [-0.15, -0.1) is 0 Å². The Morgan fingerprint density at radius 3 is 2.85 bits per heavy atom. The smallest absolute Gasteiger partial charge is 0.233 e. The molecule has 1 fully saturated rings. The van der Waals surface area contributed by atoms with Gasteiger partial charge in [0.25, 0.3) is 0 Å². The van der Waals surface area contributed by atoms with Crippen molar-refractivity contribution in [3.8, 4) is 0 Å². The third kappa shape index (κ3) is 5.05. The number of ether oxygens (including phenoxy) is 1. The summed E-state index contributed by atoms with van der Waals surface area (Å²) in [5.41, 5.74) is 0.853. The fourth-order valence-electron chi connectivity index (χ4n) is 1.98. The van der Waals surface area contributed by atoms with Crippen LogP contribution in [0.5, 0.6) is 0 Å². The zero-order valence-corrected chi connectivity index (χ0v) is 12.3. The van der Waals surface area contributed by atoms with Crippen LogP contribution in [-0.2, 0) is 14.8 Å². The van der Waals surface area contributed by atoms with Crippen molar-refractivity contribution in [2.24, 2.45) is 0 Å². The molecule has 1 aromatic rings. The van der Waals surface area contributed by atoms with E-state index in [1.54, 1.807) is 6.08 Å². The summed E-state index contributed by atoms with van der Waals surface area (Å²) in [5, 5.41) is 1.19. The molecular weight excluding hydrogens is 276 g/mol. The maximum Gasteiger partial charge on any atom is 0.233 e. The van der Waals surface area contributed by atoms with Gasteiger partial charge in [-0.05, 0) is 18.7 Å². The zero-order valence-electron chi connectivity index (χ0n) is 11.5. The normalized spacial score (nSPS) is 21.4. The highest BCUT2D eigenvalue weighted by molar-refractivity contribution is 7.92. The number of benzene rings is 1. The Kier molecular flexibility index (Phi) is 5.31. The second kappa shape index (κ2) is 6.99. The average Bonchev–Trinajstić information content (AvgIpc) is 2.45. The molecule has 1 N–H and O–H groups in total. The van der Waals surface area contributed by atoms with Crippen LogP contribution in [0.2, 0.25) is 0 Å². The highest BCUT2D eigenvalue weighted by Gasteiger charge is 2.19. The van der Waals surface area contributed by atoms with Crippen molar-refractivity contribution in [3.05, 3.63) is 41.3 Å². The molecule has 0 aliphatic carbocycles. The summed E-state index contributed by atoms with van der Waals surface area (Å²) in [4.78, 5) is 2.13. The van der Waals surface area contributed by atoms with Crippen LogP contribution in [0.1, 0.15) is 5.56 Å². The number of nitrogens with zero attached hydrogens (tertiary/aromatic N) is 1. The summed E-state index contributed by atoms with van der Waals surface area (Å²) in [6, 6.07) is 9.33. The number of nitrogens with one attached hydrogen (secondary N) is 1. The summed E-state index contributed by atoms with van der Waals surface area (Å²) in [7, 11) is -1.43. The van der Waals surface area contributed by atoms with E-state index >= 15 is 0 Å². The second-order valence-electron chi connectivity index (χ2n) is 4.86. The molecule has 1 unspecified atom stereocenters. The molecule has 0 amide bonds. The van der Waals surface area contributed by atoms with Gasteiger partial charge in [0, 0.05) is 25.0 Å². The first kappa shape index (κ1) is 15.2. The van der Waals surface area contributed by atoms with Crippen LogP contribution in [0.25, 0.3) is 6.08 Å². The van der Waals surface area contributed by atoms with E-state index in [2.05, 4.69) is 9.62 Å². The van der Waals surface area contributed by atoms with Crippen molar-refractivity contribution in [2.75, 3.05) is 33.3 Å². The number of likely N-dealkylation sites (N-methyl/N-ethyl adjacent to an activating group) is 1. The molecule has 1 atom stereocenters. The molecule has 1 saturated heterocycles. The van der Waals surface area contributed by atoms with E-state index in [1.165, 1.54) is 5.41 Å². The molecule has 0 saturated carbocycles. The van der Waals surface area contributed by atoms with Crippen LogP contribution in [0.15, 0.2) is 35.7 Å². The lowest BCUT2D eigenvalue weighted by Gasteiger charge is -2.29. The van der Waals surface area contributed by atoms with Crippen LogP contribution in [0.3, 0.4) is 0 Å². The van der Waals surface area contributed by atoms with Gasteiger partial charge in [0.2, 0.25) is 10.0 Å². The third-order valence-corrected chi connectivity index (χ3v) is 4.16. The molecule has 110 valence electrons. The SMILES string of the molecule is CN1CCOC(CNS(=O)(=O)C=Cc2ccccc2)C1. The van der Waals surface area contributed by atoms with E-state index in [9.17, 15) is 8.42 Å². The number of rotatable bonds is 5. The molecule has 1 aliphatic heterocycles. The van der Waals surface area contributed by atoms with Gasteiger partial charge in [-0.25, -0.2) is 13.1 Å². The summed E-state index contributed by atoms with van der Waals surface area (Å²) in [6.07, 6.45) is 1.49. The fraction of sp³-hybridized carbons (Fsp3) is 0.429. The standard InChI is InChI=1S/C14H20N2O3S/c1-16-8-9-19-14(12-16)11-15-20(17,18)10-7-13-5-3-2-4-6-13/h2-7,10,14-15H,8-9,11-12H2,1H3. The van der Waals surface area contributed by atoms with E-state index in [1.807, 2.05) is 37.4 Å². The predicted molar refractivity (Wildman–Crippen MR) is 79.6 cm³/mol. The molecule has 20 heavy (non-hydrogen) atoms. The number of morpholine rings is 1. The fourth-order valence-corrected chi connectivity index (χ4v) is 2.83. The Hall–Kier alpha value is -1.21. The first-order valence-corrected chi connectivity index (χ1v) is 8.13. The van der Waals surface area contributed by atoms with Crippen molar-refractivity contribution in [1.82, 2.24) is 9.62 Å². The zero-order chi connectivity index (χ0) is 14.4. The maximum atomic E-state index is 11.9. The maximum absolute atomic E-state index is 11.9. The van der Waals surface area contributed by atoms with Gasteiger partial charge < -0.3 is 9.64 Å². The van der Waals surface area contributed by atoms with Gasteiger partial charge in [0.15, 0.2) is 0 Å². The summed E-state index contributed by atoms with van der Waals surface area (Å²) >= 11 is 0. The van der Waals surface area contributed by atoms with Crippen LogP contribution >= 0.6 is 0 Å². The van der Waals surface area contributed by atoms with E-state index in [0.29, 0.717) is 13.2 Å². The molecule has 5 nitrogen and oxygen atoms in total. The van der Waals surface area contributed by atoms with Crippen LogP contribution in [-0.4, -0.2) is 52.7 Å². The number of hydrogen-bond acceptors (Lipinski definition) is 4. The second-order valence-corrected chi connectivity index (χ2v) is 6.51. The number of hydrogen-bond donors (Lipinski definition) is 1. The Morgan fingerprint density at radius 2 is 2.15 bits per heavy atom. The first-order chi connectivity index (χ1) is 9.55. The molecule has 0 spiro atoms. The van der Waals surface area contributed by atoms with Gasteiger partial charge in [-0.2, -0.15) is 0 Å². The lowest BCUT2D eigenvalue weighted by molar-refractivity contribution is -0.0156. The molecule has 1 aromatic carbocycles. The summed E-state index contributed by atoms with van der Waals surface area (Å²) < 4.78 is 31.8. The lowest BCUT2D eigenvalue weighted by Crippen LogP contribution is -2.45. The number of sulfonamides is 1. The molecule has 1 aliphatic rings. The lowest BCUT2D eigenvalue weighted by atomic mass is 10.2. The van der Waals surface area contributed by atoms with Gasteiger partial charge in [0.05, 0.1) is 12.7 Å². The quantitative estimate of drug-likeness (QED) is 0.877. The highest BCUT2D eigenvalue weighted by atomic mass is 32.2. The average molecular weight is 296 g/mol. The predicted octanol–water partition coefficient (Wildman–Crippen LogP) is 0.907. The van der Waals surface area contributed by atoms with Gasteiger partial charge >= 0.3 is 0 Å². The Balaban J connectivity index is 1.86. The molecule has 0 aromatic heterocycles. The van der Waals surface area contributed by atoms with Gasteiger partial charge in [-0.3, -0.25) is 0 Å². The van der Waals surface area contributed by atoms with E-state index in [0.717, 1.165) is 18.7 Å². The Bertz CT molecular complexity index is 543.